The Labute approximate surface area is 168 Å². The Bertz CT molecular complexity index is 681. The third kappa shape index (κ3) is 5.13. The van der Waals surface area contributed by atoms with Gasteiger partial charge >= 0.3 is 5.97 Å². The van der Waals surface area contributed by atoms with E-state index in [1.54, 1.807) is 0 Å². The Morgan fingerprint density at radius 1 is 1.26 bits per heavy atom. The van der Waals surface area contributed by atoms with Gasteiger partial charge in [-0.05, 0) is 76.6 Å². The first-order valence-corrected chi connectivity index (χ1v) is 9.34. The van der Waals surface area contributed by atoms with Gasteiger partial charge in [0.05, 0.1) is 6.61 Å². The fourth-order valence-electron chi connectivity index (χ4n) is 3.35. The molecule has 0 amide bonds. The van der Waals surface area contributed by atoms with Crippen LogP contribution in [0.25, 0.3) is 0 Å². The molecule has 0 fully saturated rings. The van der Waals surface area contributed by atoms with Crippen molar-refractivity contribution in [3.05, 3.63) is 22.3 Å². The van der Waals surface area contributed by atoms with E-state index >= 15 is 0 Å². The third-order valence-electron chi connectivity index (χ3n) is 5.37. The van der Waals surface area contributed by atoms with Crippen molar-refractivity contribution in [2.24, 2.45) is 11.5 Å². The summed E-state index contributed by atoms with van der Waals surface area (Å²) in [5.74, 6) is 0.969. The average molecular weight is 401 g/mol. The first-order chi connectivity index (χ1) is 12.2. The van der Waals surface area contributed by atoms with E-state index in [-0.39, 0.29) is 19.0 Å². The van der Waals surface area contributed by atoms with Crippen LogP contribution in [0.4, 0.5) is 0 Å². The standard InChI is InChI=1S/C20H32N2O4.ClH/c1-12-13(2)18-15(8-9-20(4,11-23)26-18)14(3)17(12)25-19(24)16(22)7-5-6-10-21;/h16,23H,5-11,21-22H2,1-4H3;1H/t16-,20-;/m0./s1. The Kier molecular flexibility index (Phi) is 8.54. The number of ether oxygens (including phenoxy) is 2. The molecule has 154 valence electrons. The molecule has 2 atom stereocenters. The molecule has 2 rings (SSSR count). The van der Waals surface area contributed by atoms with Crippen molar-refractivity contribution >= 4 is 18.4 Å². The number of aliphatic hydroxyl groups excluding tert-OH is 1. The number of esters is 1. The molecule has 1 aliphatic rings. The number of hydrogen-bond donors (Lipinski definition) is 3. The topological polar surface area (TPSA) is 108 Å². The van der Waals surface area contributed by atoms with Crippen LogP contribution in [0, 0.1) is 20.8 Å². The molecular weight excluding hydrogens is 368 g/mol. The summed E-state index contributed by atoms with van der Waals surface area (Å²) < 4.78 is 11.8. The van der Waals surface area contributed by atoms with E-state index in [4.69, 9.17) is 20.9 Å². The maximum absolute atomic E-state index is 12.4. The van der Waals surface area contributed by atoms with Gasteiger partial charge in [-0.1, -0.05) is 6.42 Å². The van der Waals surface area contributed by atoms with Crippen molar-refractivity contribution in [1.29, 1.82) is 0 Å². The van der Waals surface area contributed by atoms with E-state index in [1.807, 2.05) is 27.7 Å². The molecule has 1 heterocycles. The normalized spacial score (nSPS) is 19.5. The highest BCUT2D eigenvalue weighted by atomic mass is 35.5. The van der Waals surface area contributed by atoms with Gasteiger partial charge in [0.2, 0.25) is 0 Å². The second kappa shape index (κ2) is 9.73. The number of fused-ring (bicyclic) bond motifs is 1. The second-order valence-corrected chi connectivity index (χ2v) is 7.53. The van der Waals surface area contributed by atoms with Crippen molar-refractivity contribution < 1.29 is 19.4 Å². The minimum absolute atomic E-state index is 0. The number of halogens is 1. The van der Waals surface area contributed by atoms with E-state index in [1.165, 1.54) is 0 Å². The van der Waals surface area contributed by atoms with E-state index in [0.717, 1.165) is 47.3 Å². The van der Waals surface area contributed by atoms with Gasteiger partial charge in [0.25, 0.3) is 0 Å². The molecule has 7 heteroatoms. The fourth-order valence-corrected chi connectivity index (χ4v) is 3.35. The highest BCUT2D eigenvalue weighted by Gasteiger charge is 2.34. The number of carbonyl (C=O) groups is 1. The highest BCUT2D eigenvalue weighted by Crippen LogP contribution is 2.43. The van der Waals surface area contributed by atoms with Crippen LogP contribution in [0.15, 0.2) is 0 Å². The van der Waals surface area contributed by atoms with Gasteiger partial charge in [0, 0.05) is 5.56 Å². The molecule has 1 aromatic rings. The van der Waals surface area contributed by atoms with E-state index in [0.29, 0.717) is 25.1 Å². The zero-order chi connectivity index (χ0) is 19.5. The van der Waals surface area contributed by atoms with Crippen LogP contribution in [0.1, 0.15) is 54.9 Å². The molecule has 0 saturated carbocycles. The lowest BCUT2D eigenvalue weighted by Crippen LogP contribution is -2.40. The molecule has 0 bridgehead atoms. The van der Waals surface area contributed by atoms with Crippen molar-refractivity contribution in [3.63, 3.8) is 0 Å². The van der Waals surface area contributed by atoms with Crippen LogP contribution in [0.3, 0.4) is 0 Å². The van der Waals surface area contributed by atoms with Crippen LogP contribution < -0.4 is 20.9 Å². The number of hydrogen-bond acceptors (Lipinski definition) is 6. The second-order valence-electron chi connectivity index (χ2n) is 7.53. The largest absolute Gasteiger partial charge is 0.485 e. The number of unbranched alkanes of at least 4 members (excludes halogenated alkanes) is 1. The van der Waals surface area contributed by atoms with Crippen molar-refractivity contribution in [2.45, 2.75) is 71.4 Å². The lowest BCUT2D eigenvalue weighted by molar-refractivity contribution is -0.136. The number of aliphatic hydroxyl groups is 1. The lowest BCUT2D eigenvalue weighted by atomic mass is 9.87. The molecule has 0 saturated heterocycles. The number of rotatable bonds is 7. The smallest absolute Gasteiger partial charge is 0.328 e. The SMILES string of the molecule is Cc1c(C)c2c(c(C)c1OC(=O)[C@@H](N)CCCCN)CC[C@@](C)(CO)O2.Cl. The molecule has 1 aromatic carbocycles. The third-order valence-corrected chi connectivity index (χ3v) is 5.37. The van der Waals surface area contributed by atoms with Crippen molar-refractivity contribution in [2.75, 3.05) is 13.2 Å². The van der Waals surface area contributed by atoms with E-state index < -0.39 is 17.6 Å². The molecule has 6 nitrogen and oxygen atoms in total. The predicted molar refractivity (Wildman–Crippen MR) is 109 cm³/mol. The van der Waals surface area contributed by atoms with Gasteiger partial charge in [0.15, 0.2) is 0 Å². The van der Waals surface area contributed by atoms with Crippen LogP contribution in [-0.2, 0) is 11.2 Å². The van der Waals surface area contributed by atoms with Crippen LogP contribution in [0.2, 0.25) is 0 Å². The summed E-state index contributed by atoms with van der Waals surface area (Å²) in [5, 5.41) is 9.61. The molecule has 0 aliphatic carbocycles. The Morgan fingerprint density at radius 3 is 2.52 bits per heavy atom. The Balaban J connectivity index is 0.00000364. The van der Waals surface area contributed by atoms with Gasteiger partial charge in [-0.15, -0.1) is 12.4 Å². The summed E-state index contributed by atoms with van der Waals surface area (Å²) >= 11 is 0. The van der Waals surface area contributed by atoms with Gasteiger partial charge < -0.3 is 26.0 Å². The molecule has 27 heavy (non-hydrogen) atoms. The number of nitrogens with two attached hydrogens (primary N) is 2. The first kappa shape index (κ1) is 23.7. The Hall–Kier alpha value is -1.34. The van der Waals surface area contributed by atoms with E-state index in [9.17, 15) is 9.90 Å². The lowest BCUT2D eigenvalue weighted by Gasteiger charge is -2.36. The zero-order valence-electron chi connectivity index (χ0n) is 16.8. The number of carbonyl (C=O) groups excluding carboxylic acids is 1. The van der Waals surface area contributed by atoms with Gasteiger partial charge in [-0.2, -0.15) is 0 Å². The summed E-state index contributed by atoms with van der Waals surface area (Å²) in [4.78, 5) is 12.4. The van der Waals surface area contributed by atoms with Crippen molar-refractivity contribution in [1.82, 2.24) is 0 Å². The summed E-state index contributed by atoms with van der Waals surface area (Å²) in [5.41, 5.74) is 14.6. The fraction of sp³-hybridized carbons (Fsp3) is 0.650. The van der Waals surface area contributed by atoms with Gasteiger partial charge in [-0.3, -0.25) is 0 Å². The number of benzene rings is 1. The summed E-state index contributed by atoms with van der Waals surface area (Å²) in [6, 6.07) is -0.648. The quantitative estimate of drug-likeness (QED) is 0.368. The highest BCUT2D eigenvalue weighted by molar-refractivity contribution is 5.85. The molecule has 1 aliphatic heterocycles. The minimum Gasteiger partial charge on any atom is -0.485 e. The predicted octanol–water partition coefficient (Wildman–Crippen LogP) is 2.47. The maximum Gasteiger partial charge on any atom is 0.328 e. The molecule has 0 aromatic heterocycles. The van der Waals surface area contributed by atoms with Gasteiger partial charge in [-0.25, -0.2) is 4.79 Å². The van der Waals surface area contributed by atoms with E-state index in [2.05, 4.69) is 0 Å². The summed E-state index contributed by atoms with van der Waals surface area (Å²) in [6.45, 7) is 8.29. The van der Waals surface area contributed by atoms with Crippen LogP contribution in [0.5, 0.6) is 11.5 Å². The Morgan fingerprint density at radius 2 is 1.93 bits per heavy atom. The summed E-state index contributed by atoms with van der Waals surface area (Å²) in [6.07, 6.45) is 3.70. The first-order valence-electron chi connectivity index (χ1n) is 9.34. The summed E-state index contributed by atoms with van der Waals surface area (Å²) in [7, 11) is 0. The molecule has 5 N–H and O–H groups in total. The molecule has 0 spiro atoms. The van der Waals surface area contributed by atoms with Crippen molar-refractivity contribution in [3.8, 4) is 11.5 Å². The van der Waals surface area contributed by atoms with Gasteiger partial charge in [0.1, 0.15) is 23.1 Å². The average Bonchev–Trinajstić information content (AvgIpc) is 2.63. The molecule has 0 unspecified atom stereocenters. The van der Waals surface area contributed by atoms with Crippen LogP contribution in [-0.4, -0.2) is 35.9 Å². The molecule has 0 radical (unpaired) electrons. The zero-order valence-corrected chi connectivity index (χ0v) is 17.6. The molecular formula is C20H33ClN2O4. The van der Waals surface area contributed by atoms with Crippen LogP contribution >= 0.6 is 12.4 Å². The maximum atomic E-state index is 12.4. The minimum atomic E-state index is -0.648. The monoisotopic (exact) mass is 400 g/mol.